The van der Waals surface area contributed by atoms with Crippen LogP contribution in [0.3, 0.4) is 0 Å². The Bertz CT molecular complexity index is 635. The topological polar surface area (TPSA) is 98.0 Å². The molecule has 0 fully saturated rings. The number of nitrogens with one attached hydrogen (secondary N) is 1. The van der Waals surface area contributed by atoms with Crippen molar-refractivity contribution in [3.05, 3.63) is 54.6 Å². The summed E-state index contributed by atoms with van der Waals surface area (Å²) in [4.78, 5) is 8.14. The fourth-order valence-electron chi connectivity index (χ4n) is 1.63. The van der Waals surface area contributed by atoms with Gasteiger partial charge in [-0.05, 0) is 36.4 Å². The second-order valence-corrected chi connectivity index (χ2v) is 4.16. The highest BCUT2D eigenvalue weighted by molar-refractivity contribution is 6.01. The predicted octanol–water partition coefficient (Wildman–Crippen LogP) is 2.07. The van der Waals surface area contributed by atoms with Crippen LogP contribution in [0.4, 0.5) is 11.4 Å². The molecule has 0 bridgehead atoms. The highest BCUT2D eigenvalue weighted by Gasteiger charge is 1.97. The molecular formula is C15H17N5O. The maximum atomic E-state index is 5.76. The van der Waals surface area contributed by atoms with Gasteiger partial charge in [-0.2, -0.15) is 4.99 Å². The number of guanidine groups is 2. The molecule has 0 aliphatic heterocycles. The second-order valence-electron chi connectivity index (χ2n) is 4.16. The van der Waals surface area contributed by atoms with E-state index in [0.29, 0.717) is 5.69 Å². The van der Waals surface area contributed by atoms with E-state index in [2.05, 4.69) is 15.3 Å². The van der Waals surface area contributed by atoms with Gasteiger partial charge < -0.3 is 21.5 Å². The Morgan fingerprint density at radius 3 is 2.29 bits per heavy atom. The summed E-state index contributed by atoms with van der Waals surface area (Å²) in [7, 11) is 1.60. The Hall–Kier alpha value is -3.02. The Balaban J connectivity index is 2.05. The molecule has 0 amide bonds. The van der Waals surface area contributed by atoms with Gasteiger partial charge in [0.15, 0.2) is 0 Å². The molecule has 108 valence electrons. The largest absolute Gasteiger partial charge is 0.497 e. The average Bonchev–Trinajstić information content (AvgIpc) is 2.48. The van der Waals surface area contributed by atoms with Gasteiger partial charge in [0.2, 0.25) is 11.9 Å². The molecular weight excluding hydrogens is 266 g/mol. The van der Waals surface area contributed by atoms with Gasteiger partial charge in [-0.15, -0.1) is 0 Å². The van der Waals surface area contributed by atoms with Gasteiger partial charge in [-0.3, -0.25) is 0 Å². The van der Waals surface area contributed by atoms with Gasteiger partial charge >= 0.3 is 0 Å². The number of aliphatic imine (C=N–C) groups is 2. The summed E-state index contributed by atoms with van der Waals surface area (Å²) in [6, 6.07) is 16.6. The smallest absolute Gasteiger partial charge is 0.223 e. The number of hydrogen-bond donors (Lipinski definition) is 3. The Morgan fingerprint density at radius 2 is 1.67 bits per heavy atom. The van der Waals surface area contributed by atoms with Gasteiger partial charge in [-0.1, -0.05) is 18.2 Å². The van der Waals surface area contributed by atoms with Gasteiger partial charge in [0, 0.05) is 5.69 Å². The van der Waals surface area contributed by atoms with Gasteiger partial charge in [0.25, 0.3) is 0 Å². The number of rotatable bonds is 3. The summed E-state index contributed by atoms with van der Waals surface area (Å²) in [5, 5.41) is 2.92. The number of hydrogen-bond acceptors (Lipinski definition) is 2. The molecule has 6 heteroatoms. The normalized spacial score (nSPS) is 12.0. The molecule has 2 aromatic carbocycles. The first-order valence-corrected chi connectivity index (χ1v) is 6.32. The predicted molar refractivity (Wildman–Crippen MR) is 86.0 cm³/mol. The van der Waals surface area contributed by atoms with Crippen LogP contribution in [0.1, 0.15) is 0 Å². The molecule has 2 aromatic rings. The average molecular weight is 283 g/mol. The van der Waals surface area contributed by atoms with E-state index in [4.69, 9.17) is 16.2 Å². The lowest BCUT2D eigenvalue weighted by atomic mass is 10.3. The van der Waals surface area contributed by atoms with E-state index in [9.17, 15) is 0 Å². The molecule has 6 nitrogen and oxygen atoms in total. The molecule has 0 aliphatic carbocycles. The highest BCUT2D eigenvalue weighted by Crippen LogP contribution is 2.17. The van der Waals surface area contributed by atoms with Crippen LogP contribution in [-0.4, -0.2) is 19.0 Å². The Morgan fingerprint density at radius 1 is 1.00 bits per heavy atom. The third-order valence-corrected chi connectivity index (χ3v) is 2.60. The summed E-state index contributed by atoms with van der Waals surface area (Å²) in [5.74, 6) is 0.998. The Kier molecular flexibility index (Phi) is 4.76. The summed E-state index contributed by atoms with van der Waals surface area (Å²) in [5.41, 5.74) is 13.0. The molecule has 0 saturated heterocycles. The van der Waals surface area contributed by atoms with Crippen molar-refractivity contribution in [3.63, 3.8) is 0 Å². The monoisotopic (exact) mass is 283 g/mol. The van der Waals surface area contributed by atoms with Crippen molar-refractivity contribution in [1.29, 1.82) is 0 Å². The van der Waals surface area contributed by atoms with Crippen molar-refractivity contribution in [3.8, 4) is 5.75 Å². The second kappa shape index (κ2) is 6.95. The minimum absolute atomic E-state index is 0.0705. The van der Waals surface area contributed by atoms with Crippen LogP contribution in [0, 0.1) is 0 Å². The number of methoxy groups -OCH3 is 1. The molecule has 5 N–H and O–H groups in total. The summed E-state index contributed by atoms with van der Waals surface area (Å²) < 4.78 is 5.07. The molecule has 0 heterocycles. The number of anilines is 1. The van der Waals surface area contributed by atoms with E-state index in [1.165, 1.54) is 0 Å². The maximum absolute atomic E-state index is 5.76. The van der Waals surface area contributed by atoms with Crippen LogP contribution in [0.15, 0.2) is 64.6 Å². The van der Waals surface area contributed by atoms with Gasteiger partial charge in [0.05, 0.1) is 12.8 Å². The van der Waals surface area contributed by atoms with E-state index in [1.807, 2.05) is 30.3 Å². The molecule has 0 aliphatic rings. The van der Waals surface area contributed by atoms with Crippen molar-refractivity contribution in [1.82, 2.24) is 0 Å². The fourth-order valence-corrected chi connectivity index (χ4v) is 1.63. The lowest BCUT2D eigenvalue weighted by Crippen LogP contribution is -2.25. The van der Waals surface area contributed by atoms with E-state index in [0.717, 1.165) is 11.4 Å². The zero-order chi connectivity index (χ0) is 15.1. The fraction of sp³-hybridized carbons (Fsp3) is 0.0667. The highest BCUT2D eigenvalue weighted by atomic mass is 16.5. The summed E-state index contributed by atoms with van der Waals surface area (Å²) >= 11 is 0. The number of nitrogens with zero attached hydrogens (tertiary/aromatic N) is 2. The molecule has 0 radical (unpaired) electrons. The lowest BCUT2D eigenvalue weighted by molar-refractivity contribution is 0.415. The van der Waals surface area contributed by atoms with E-state index >= 15 is 0 Å². The first kappa shape index (κ1) is 14.4. The van der Waals surface area contributed by atoms with E-state index in [1.54, 1.807) is 31.4 Å². The standard InChI is InChI=1S/C15H17N5O/c1-21-13-9-7-12(8-10-13)19-15(17)20-14(16)18-11-5-3-2-4-6-11/h2-10H,1H3,(H5,16,17,18,19,20). The van der Waals surface area contributed by atoms with Crippen molar-refractivity contribution in [2.45, 2.75) is 0 Å². The molecule has 0 unspecified atom stereocenters. The van der Waals surface area contributed by atoms with Crippen molar-refractivity contribution in [2.24, 2.45) is 21.5 Å². The van der Waals surface area contributed by atoms with Crippen molar-refractivity contribution in [2.75, 3.05) is 12.4 Å². The molecule has 0 atom stereocenters. The Labute approximate surface area is 123 Å². The summed E-state index contributed by atoms with van der Waals surface area (Å²) in [6.07, 6.45) is 0. The van der Waals surface area contributed by atoms with Crippen LogP contribution in [0.5, 0.6) is 5.75 Å². The minimum atomic E-state index is 0.0705. The van der Waals surface area contributed by atoms with Crippen LogP contribution in [-0.2, 0) is 0 Å². The number of benzene rings is 2. The number of nitrogens with two attached hydrogens (primary N) is 2. The van der Waals surface area contributed by atoms with E-state index < -0.39 is 0 Å². The minimum Gasteiger partial charge on any atom is -0.497 e. The lowest BCUT2D eigenvalue weighted by Gasteiger charge is -2.04. The van der Waals surface area contributed by atoms with Crippen molar-refractivity contribution >= 4 is 23.3 Å². The van der Waals surface area contributed by atoms with Gasteiger partial charge in [0.1, 0.15) is 5.75 Å². The van der Waals surface area contributed by atoms with Crippen LogP contribution < -0.4 is 21.5 Å². The zero-order valence-corrected chi connectivity index (χ0v) is 11.7. The molecule has 2 rings (SSSR count). The summed E-state index contributed by atoms with van der Waals surface area (Å²) in [6.45, 7) is 0. The number of ether oxygens (including phenoxy) is 1. The zero-order valence-electron chi connectivity index (χ0n) is 11.7. The van der Waals surface area contributed by atoms with Crippen LogP contribution in [0.2, 0.25) is 0 Å². The SMILES string of the molecule is COc1ccc(N=C(N)/N=C(\N)Nc2ccccc2)cc1. The molecule has 0 saturated carbocycles. The van der Waals surface area contributed by atoms with Crippen LogP contribution >= 0.6 is 0 Å². The molecule has 0 spiro atoms. The third kappa shape index (κ3) is 4.54. The number of para-hydroxylation sites is 1. The van der Waals surface area contributed by atoms with Crippen LogP contribution in [0.25, 0.3) is 0 Å². The van der Waals surface area contributed by atoms with Gasteiger partial charge in [-0.25, -0.2) is 4.99 Å². The first-order valence-electron chi connectivity index (χ1n) is 6.32. The van der Waals surface area contributed by atoms with Crippen molar-refractivity contribution < 1.29 is 4.74 Å². The quantitative estimate of drug-likeness (QED) is 0.593. The molecule has 21 heavy (non-hydrogen) atoms. The maximum Gasteiger partial charge on any atom is 0.223 e. The third-order valence-electron chi connectivity index (χ3n) is 2.60. The first-order chi connectivity index (χ1) is 10.2. The van der Waals surface area contributed by atoms with E-state index in [-0.39, 0.29) is 11.9 Å². The molecule has 0 aromatic heterocycles.